The number of nitrogens with zero attached hydrogens (tertiary/aromatic N) is 1. The van der Waals surface area contributed by atoms with Gasteiger partial charge in [0, 0.05) is 26.7 Å². The lowest BCUT2D eigenvalue weighted by molar-refractivity contribution is -0.184. The number of unbranched alkanes of at least 4 members (excludes halogenated alkanes) is 8. The fraction of sp³-hybridized carbons (Fsp3) is 0.704. The summed E-state index contributed by atoms with van der Waals surface area (Å²) in [4.78, 5) is 25.3. The number of nitrogens with one attached hydrogen (secondary N) is 2. The zero-order chi connectivity index (χ0) is 27.3. The molecule has 2 amide bonds. The smallest absolute Gasteiger partial charge is 0.408 e. The second-order valence-corrected chi connectivity index (χ2v) is 9.62. The van der Waals surface area contributed by atoms with E-state index in [-0.39, 0.29) is 24.2 Å². The summed E-state index contributed by atoms with van der Waals surface area (Å²) in [7, 11) is 2.64. The SMILES string of the molecule is CCCCCCCCCCCNC(=O)N[C@H]1CN([C@H](c2ccc(C(=O)OC)cc2)C(F)(F)F)C[C@@H]1OC. The Morgan fingerprint density at radius 2 is 1.57 bits per heavy atom. The molecule has 0 aliphatic carbocycles. The third-order valence-corrected chi connectivity index (χ3v) is 6.80. The number of alkyl halides is 3. The first-order valence-corrected chi connectivity index (χ1v) is 13.3. The minimum Gasteiger partial charge on any atom is -0.465 e. The van der Waals surface area contributed by atoms with Crippen molar-refractivity contribution in [3.8, 4) is 0 Å². The summed E-state index contributed by atoms with van der Waals surface area (Å²) < 4.78 is 52.3. The van der Waals surface area contributed by atoms with Gasteiger partial charge in [-0.05, 0) is 24.1 Å². The second-order valence-electron chi connectivity index (χ2n) is 9.62. The van der Waals surface area contributed by atoms with Crippen LogP contribution in [0.2, 0.25) is 0 Å². The highest BCUT2D eigenvalue weighted by Crippen LogP contribution is 2.39. The number of urea groups is 1. The van der Waals surface area contributed by atoms with Crippen LogP contribution >= 0.6 is 0 Å². The normalized spacial score (nSPS) is 19.0. The van der Waals surface area contributed by atoms with E-state index in [1.807, 2.05) is 0 Å². The van der Waals surface area contributed by atoms with Crippen LogP contribution in [0.3, 0.4) is 0 Å². The molecule has 1 saturated heterocycles. The quantitative estimate of drug-likeness (QED) is 0.228. The van der Waals surface area contributed by atoms with Crippen LogP contribution in [0.15, 0.2) is 24.3 Å². The Morgan fingerprint density at radius 3 is 2.11 bits per heavy atom. The first-order chi connectivity index (χ1) is 17.7. The highest BCUT2D eigenvalue weighted by Gasteiger charge is 2.49. The molecular weight excluding hydrogens is 487 g/mol. The van der Waals surface area contributed by atoms with E-state index in [9.17, 15) is 22.8 Å². The molecule has 7 nitrogen and oxygen atoms in total. The molecule has 2 N–H and O–H groups in total. The molecule has 0 aromatic heterocycles. The zero-order valence-electron chi connectivity index (χ0n) is 22.2. The average molecular weight is 530 g/mol. The van der Waals surface area contributed by atoms with Crippen LogP contribution in [0.25, 0.3) is 0 Å². The molecule has 3 atom stereocenters. The summed E-state index contributed by atoms with van der Waals surface area (Å²) in [6, 6.07) is 2.31. The van der Waals surface area contributed by atoms with Crippen LogP contribution < -0.4 is 10.6 Å². The van der Waals surface area contributed by atoms with Gasteiger partial charge in [0.2, 0.25) is 0 Å². The molecule has 0 saturated carbocycles. The van der Waals surface area contributed by atoms with Crippen molar-refractivity contribution in [1.82, 2.24) is 15.5 Å². The van der Waals surface area contributed by atoms with E-state index in [0.29, 0.717) is 6.54 Å². The van der Waals surface area contributed by atoms with Crippen molar-refractivity contribution in [2.45, 2.75) is 89.1 Å². The number of carbonyl (C=O) groups is 2. The van der Waals surface area contributed by atoms with Crippen LogP contribution in [0.4, 0.5) is 18.0 Å². The molecule has 37 heavy (non-hydrogen) atoms. The largest absolute Gasteiger partial charge is 0.465 e. The molecule has 210 valence electrons. The summed E-state index contributed by atoms with van der Waals surface area (Å²) in [6.07, 6.45) is 5.46. The number of halogens is 3. The Balaban J connectivity index is 1.85. The molecule has 0 bridgehead atoms. The van der Waals surface area contributed by atoms with Crippen LogP contribution in [0.1, 0.15) is 86.7 Å². The van der Waals surface area contributed by atoms with E-state index < -0.39 is 36.4 Å². The molecule has 1 heterocycles. The summed E-state index contributed by atoms with van der Waals surface area (Å²) in [5, 5.41) is 5.60. The van der Waals surface area contributed by atoms with Crippen LogP contribution in [0, 0.1) is 0 Å². The van der Waals surface area contributed by atoms with E-state index >= 15 is 0 Å². The number of hydrogen-bond acceptors (Lipinski definition) is 5. The van der Waals surface area contributed by atoms with Gasteiger partial charge in [0.15, 0.2) is 0 Å². The van der Waals surface area contributed by atoms with Crippen LogP contribution in [-0.4, -0.2) is 69.1 Å². The summed E-state index contributed by atoms with van der Waals surface area (Å²) in [6.45, 7) is 2.71. The molecule has 0 spiro atoms. The fourth-order valence-electron chi connectivity index (χ4n) is 4.77. The van der Waals surface area contributed by atoms with Gasteiger partial charge < -0.3 is 20.1 Å². The number of rotatable bonds is 15. The number of esters is 1. The lowest BCUT2D eigenvalue weighted by Crippen LogP contribution is -2.48. The molecule has 1 aliphatic rings. The Bertz CT molecular complexity index is 820. The Morgan fingerprint density at radius 1 is 0.973 bits per heavy atom. The highest BCUT2D eigenvalue weighted by molar-refractivity contribution is 5.89. The first-order valence-electron chi connectivity index (χ1n) is 13.3. The number of carbonyl (C=O) groups excluding carboxylic acids is 2. The number of likely N-dealkylation sites (tertiary alicyclic amines) is 1. The Labute approximate surface area is 218 Å². The number of hydrogen-bond donors (Lipinski definition) is 2. The van der Waals surface area contributed by atoms with Crippen molar-refractivity contribution >= 4 is 12.0 Å². The summed E-state index contributed by atoms with van der Waals surface area (Å²) >= 11 is 0. The van der Waals surface area contributed by atoms with Gasteiger partial charge >= 0.3 is 18.2 Å². The van der Waals surface area contributed by atoms with Crippen LogP contribution in [-0.2, 0) is 9.47 Å². The van der Waals surface area contributed by atoms with E-state index in [4.69, 9.17) is 4.74 Å². The van der Waals surface area contributed by atoms with Crippen molar-refractivity contribution in [3.63, 3.8) is 0 Å². The van der Waals surface area contributed by atoms with E-state index in [1.54, 1.807) is 0 Å². The number of benzene rings is 1. The van der Waals surface area contributed by atoms with Gasteiger partial charge in [-0.3, -0.25) is 4.90 Å². The molecular formula is C27H42F3N3O4. The van der Waals surface area contributed by atoms with Crippen molar-refractivity contribution in [3.05, 3.63) is 35.4 Å². The lowest BCUT2D eigenvalue weighted by Gasteiger charge is -2.30. The first kappa shape index (κ1) is 30.9. The van der Waals surface area contributed by atoms with Gasteiger partial charge in [0.05, 0.1) is 24.8 Å². The maximum Gasteiger partial charge on any atom is 0.408 e. The topological polar surface area (TPSA) is 79.9 Å². The van der Waals surface area contributed by atoms with Crippen molar-refractivity contribution in [2.75, 3.05) is 33.9 Å². The molecule has 1 aromatic carbocycles. The van der Waals surface area contributed by atoms with Gasteiger partial charge in [0.25, 0.3) is 0 Å². The monoisotopic (exact) mass is 529 g/mol. The van der Waals surface area contributed by atoms with E-state index in [0.717, 1.165) is 19.3 Å². The molecule has 0 unspecified atom stereocenters. The zero-order valence-corrected chi connectivity index (χ0v) is 22.2. The van der Waals surface area contributed by atoms with Gasteiger partial charge in [-0.1, -0.05) is 70.4 Å². The number of ether oxygens (including phenoxy) is 2. The number of amides is 2. The molecule has 10 heteroatoms. The van der Waals surface area contributed by atoms with Crippen molar-refractivity contribution in [2.24, 2.45) is 0 Å². The maximum atomic E-state index is 14.1. The third-order valence-electron chi connectivity index (χ3n) is 6.80. The third kappa shape index (κ3) is 10.2. The van der Waals surface area contributed by atoms with Gasteiger partial charge in [0.1, 0.15) is 6.04 Å². The van der Waals surface area contributed by atoms with Gasteiger partial charge in [-0.25, -0.2) is 9.59 Å². The average Bonchev–Trinajstić information content (AvgIpc) is 3.25. The standard InChI is InChI=1S/C27H42F3N3O4/c1-4-5-6-7-8-9-10-11-12-17-31-26(35)32-22-18-33(19-23(22)36-2)24(27(28,29)30)20-13-15-21(16-14-20)25(34)37-3/h13-16,22-24H,4-12,17-19H2,1-3H3,(H2,31,32,35)/t22-,23-,24+/m0/s1. The second kappa shape index (κ2) is 15.8. The van der Waals surface area contributed by atoms with Crippen molar-refractivity contribution < 1.29 is 32.2 Å². The Kier molecular flexibility index (Phi) is 13.2. The van der Waals surface area contributed by atoms with E-state index in [2.05, 4.69) is 22.3 Å². The molecule has 1 aliphatic heterocycles. The molecule has 1 fully saturated rings. The fourth-order valence-corrected chi connectivity index (χ4v) is 4.77. The lowest BCUT2D eigenvalue weighted by atomic mass is 10.0. The van der Waals surface area contributed by atoms with Crippen molar-refractivity contribution in [1.29, 1.82) is 0 Å². The molecule has 0 radical (unpaired) electrons. The highest BCUT2D eigenvalue weighted by atomic mass is 19.4. The predicted octanol–water partition coefficient (Wildman–Crippen LogP) is 5.61. The van der Waals surface area contributed by atoms with Gasteiger partial charge in [-0.2, -0.15) is 13.2 Å². The number of methoxy groups -OCH3 is 2. The minimum atomic E-state index is -4.56. The summed E-state index contributed by atoms with van der Waals surface area (Å²) in [5.41, 5.74) is 0.178. The minimum absolute atomic E-state index is 0.00261. The van der Waals surface area contributed by atoms with Gasteiger partial charge in [-0.15, -0.1) is 0 Å². The van der Waals surface area contributed by atoms with Crippen LogP contribution in [0.5, 0.6) is 0 Å². The summed E-state index contributed by atoms with van der Waals surface area (Å²) in [5.74, 6) is -0.617. The Hall–Kier alpha value is -2.33. The molecule has 1 aromatic rings. The molecule has 2 rings (SSSR count). The predicted molar refractivity (Wildman–Crippen MR) is 136 cm³/mol. The van der Waals surface area contributed by atoms with E-state index in [1.165, 1.54) is 81.9 Å². The maximum absolute atomic E-state index is 14.1.